The molecular weight excluding hydrogens is 290 g/mol. The molecule has 116 valence electrons. The van der Waals surface area contributed by atoms with Gasteiger partial charge in [-0.1, -0.05) is 0 Å². The van der Waals surface area contributed by atoms with Crippen LogP contribution in [0.3, 0.4) is 0 Å². The first-order valence-electron chi connectivity index (χ1n) is 6.65. The normalized spacial score (nSPS) is 14.3. The quantitative estimate of drug-likeness (QED) is 0.582. The lowest BCUT2D eigenvalue weighted by Crippen LogP contribution is -2.36. The molecule has 7 nitrogen and oxygen atoms in total. The molecule has 0 saturated heterocycles. The first-order chi connectivity index (χ1) is 10.1. The number of aliphatic hydroxyl groups is 2. The van der Waals surface area contributed by atoms with Crippen molar-refractivity contribution in [2.75, 3.05) is 42.8 Å². The van der Waals surface area contributed by atoms with Crippen LogP contribution in [0.5, 0.6) is 0 Å². The van der Waals surface area contributed by atoms with E-state index in [4.69, 9.17) is 10.8 Å². The van der Waals surface area contributed by atoms with Crippen molar-refractivity contribution in [2.24, 2.45) is 5.92 Å². The van der Waals surface area contributed by atoms with Gasteiger partial charge in [-0.2, -0.15) is 11.8 Å². The number of aromatic nitrogens is 3. The van der Waals surface area contributed by atoms with Crippen LogP contribution in [0, 0.1) is 5.92 Å². The molecule has 8 heteroatoms. The van der Waals surface area contributed by atoms with E-state index in [-0.39, 0.29) is 12.5 Å². The van der Waals surface area contributed by atoms with Gasteiger partial charge < -0.3 is 25.8 Å². The highest BCUT2D eigenvalue weighted by Gasteiger charge is 2.21. The van der Waals surface area contributed by atoms with Crippen LogP contribution in [-0.4, -0.2) is 63.5 Å². The number of thioether (sulfide) groups is 1. The summed E-state index contributed by atoms with van der Waals surface area (Å²) in [7, 11) is 1.93. The van der Waals surface area contributed by atoms with Gasteiger partial charge >= 0.3 is 0 Å². The zero-order valence-electron chi connectivity index (χ0n) is 12.2. The highest BCUT2D eigenvalue weighted by atomic mass is 32.2. The molecule has 0 spiro atoms. The van der Waals surface area contributed by atoms with Gasteiger partial charge in [0.05, 0.1) is 18.4 Å². The first kappa shape index (κ1) is 15.9. The monoisotopic (exact) mass is 311 g/mol. The number of nitrogen functional groups attached to an aromatic ring is 1. The maximum atomic E-state index is 9.91. The Balaban J connectivity index is 2.21. The van der Waals surface area contributed by atoms with Gasteiger partial charge in [-0.05, 0) is 6.26 Å². The van der Waals surface area contributed by atoms with E-state index in [1.165, 1.54) is 6.33 Å². The molecular formula is C13H21N5O2S. The molecule has 2 aromatic heterocycles. The van der Waals surface area contributed by atoms with Crippen LogP contribution in [0.2, 0.25) is 0 Å². The Bertz CT molecular complexity index is 591. The molecule has 0 fully saturated rings. The Kier molecular flexibility index (Phi) is 5.27. The number of rotatable bonds is 7. The molecule has 2 rings (SSSR count). The molecule has 21 heavy (non-hydrogen) atoms. The fraction of sp³-hybridized carbons (Fsp3) is 0.538. The molecule has 2 aromatic rings. The number of fused-ring (bicyclic) bond motifs is 1. The van der Waals surface area contributed by atoms with E-state index in [1.807, 2.05) is 24.4 Å². The minimum atomic E-state index is -0.732. The van der Waals surface area contributed by atoms with E-state index in [0.717, 1.165) is 17.0 Å². The molecule has 2 unspecified atom stereocenters. The van der Waals surface area contributed by atoms with E-state index in [2.05, 4.69) is 15.0 Å². The molecule has 0 radical (unpaired) electrons. The number of aliphatic hydroxyl groups excluding tert-OH is 2. The van der Waals surface area contributed by atoms with Crippen LogP contribution in [0.25, 0.3) is 11.0 Å². The minimum Gasteiger partial charge on any atom is -0.394 e. The number of nitrogens with zero attached hydrogens (tertiary/aromatic N) is 3. The minimum absolute atomic E-state index is 0.0286. The van der Waals surface area contributed by atoms with E-state index >= 15 is 0 Å². The fourth-order valence-electron chi connectivity index (χ4n) is 2.33. The van der Waals surface area contributed by atoms with Crippen molar-refractivity contribution in [3.63, 3.8) is 0 Å². The Hall–Kier alpha value is -1.51. The molecule has 0 aromatic carbocycles. The Morgan fingerprint density at radius 3 is 2.90 bits per heavy atom. The van der Waals surface area contributed by atoms with Crippen molar-refractivity contribution in [1.82, 2.24) is 15.0 Å². The second-order valence-electron chi connectivity index (χ2n) is 5.00. The number of hydrogen-bond acceptors (Lipinski definition) is 7. The van der Waals surface area contributed by atoms with Crippen molar-refractivity contribution in [3.8, 4) is 0 Å². The summed E-state index contributed by atoms with van der Waals surface area (Å²) in [5, 5.41) is 19.1. The number of nitrogens with one attached hydrogen (secondary N) is 1. The van der Waals surface area contributed by atoms with Gasteiger partial charge in [0.2, 0.25) is 0 Å². The summed E-state index contributed by atoms with van der Waals surface area (Å²) in [5.74, 6) is 1.15. The molecule has 0 aliphatic carbocycles. The molecule has 0 aliphatic rings. The van der Waals surface area contributed by atoms with Gasteiger partial charge in [0.25, 0.3) is 0 Å². The Labute approximate surface area is 127 Å². The average Bonchev–Trinajstić information content (AvgIpc) is 2.91. The van der Waals surface area contributed by atoms with Gasteiger partial charge in [0.1, 0.15) is 17.4 Å². The van der Waals surface area contributed by atoms with Crippen molar-refractivity contribution >= 4 is 34.3 Å². The number of anilines is 2. The smallest absolute Gasteiger partial charge is 0.151 e. The summed E-state index contributed by atoms with van der Waals surface area (Å²) in [6.07, 6.45) is 4.52. The van der Waals surface area contributed by atoms with Gasteiger partial charge in [-0.25, -0.2) is 9.97 Å². The van der Waals surface area contributed by atoms with Crippen LogP contribution in [0.1, 0.15) is 0 Å². The molecule has 0 bridgehead atoms. The van der Waals surface area contributed by atoms with E-state index in [1.54, 1.807) is 11.8 Å². The standard InChI is InChI=1S/C13H21N5O2S/c1-18(4-8(6-21-2)10(20)5-19)9-3-15-12-11(9)16-7-17-13(12)14/h3,7-8,10,15,19-20H,4-6H2,1-2H3,(H2,14,16,17). The SMILES string of the molecule is CSCC(CN(C)c1c[nH]c2c(N)ncnc12)C(O)CO. The maximum absolute atomic E-state index is 9.91. The number of nitrogens with two attached hydrogens (primary N) is 1. The lowest BCUT2D eigenvalue weighted by molar-refractivity contribution is 0.0576. The van der Waals surface area contributed by atoms with Crippen LogP contribution in [0.4, 0.5) is 11.5 Å². The van der Waals surface area contributed by atoms with Crippen molar-refractivity contribution in [2.45, 2.75) is 6.10 Å². The summed E-state index contributed by atoms with van der Waals surface area (Å²) >= 11 is 1.65. The highest BCUT2D eigenvalue weighted by molar-refractivity contribution is 7.98. The predicted octanol–water partition coefficient (Wildman–Crippen LogP) is 0.309. The van der Waals surface area contributed by atoms with Gasteiger partial charge in [-0.15, -0.1) is 0 Å². The predicted molar refractivity (Wildman–Crippen MR) is 86.5 cm³/mol. The molecule has 5 N–H and O–H groups in total. The van der Waals surface area contributed by atoms with E-state index < -0.39 is 6.10 Å². The summed E-state index contributed by atoms with van der Waals surface area (Å²) in [6.45, 7) is 0.376. The average molecular weight is 311 g/mol. The van der Waals surface area contributed by atoms with Crippen molar-refractivity contribution < 1.29 is 10.2 Å². The first-order valence-corrected chi connectivity index (χ1v) is 8.04. The summed E-state index contributed by atoms with van der Waals surface area (Å²) in [6, 6.07) is 0. The molecule has 2 atom stereocenters. The Morgan fingerprint density at radius 2 is 2.24 bits per heavy atom. The number of aromatic amines is 1. The molecule has 0 amide bonds. The van der Waals surface area contributed by atoms with Gasteiger partial charge in [0.15, 0.2) is 5.82 Å². The number of H-pyrrole nitrogens is 1. The highest BCUT2D eigenvalue weighted by Crippen LogP contribution is 2.27. The molecule has 0 saturated carbocycles. The van der Waals surface area contributed by atoms with Crippen molar-refractivity contribution in [1.29, 1.82) is 0 Å². The molecule has 0 aliphatic heterocycles. The zero-order chi connectivity index (χ0) is 15.4. The third-order valence-corrected chi connectivity index (χ3v) is 4.27. The number of hydrogen-bond donors (Lipinski definition) is 4. The Morgan fingerprint density at radius 1 is 1.48 bits per heavy atom. The van der Waals surface area contributed by atoms with Crippen LogP contribution < -0.4 is 10.6 Å². The fourth-order valence-corrected chi connectivity index (χ4v) is 3.09. The third kappa shape index (κ3) is 3.39. The van der Waals surface area contributed by atoms with Crippen molar-refractivity contribution in [3.05, 3.63) is 12.5 Å². The largest absolute Gasteiger partial charge is 0.394 e. The second kappa shape index (κ2) is 6.97. The van der Waals surface area contributed by atoms with Gasteiger partial charge in [0, 0.05) is 31.5 Å². The van der Waals surface area contributed by atoms with Gasteiger partial charge in [-0.3, -0.25) is 0 Å². The second-order valence-corrected chi connectivity index (χ2v) is 5.91. The topological polar surface area (TPSA) is 111 Å². The lowest BCUT2D eigenvalue weighted by Gasteiger charge is -2.27. The third-order valence-electron chi connectivity index (χ3n) is 3.50. The molecule has 2 heterocycles. The summed E-state index contributed by atoms with van der Waals surface area (Å²) in [4.78, 5) is 13.3. The maximum Gasteiger partial charge on any atom is 0.151 e. The zero-order valence-corrected chi connectivity index (χ0v) is 13.0. The summed E-state index contributed by atoms with van der Waals surface area (Å²) < 4.78 is 0. The van der Waals surface area contributed by atoms with Crippen LogP contribution in [0.15, 0.2) is 12.5 Å². The lowest BCUT2D eigenvalue weighted by atomic mass is 10.0. The van der Waals surface area contributed by atoms with Crippen LogP contribution in [-0.2, 0) is 0 Å². The van der Waals surface area contributed by atoms with E-state index in [9.17, 15) is 5.11 Å². The van der Waals surface area contributed by atoms with E-state index in [0.29, 0.717) is 17.9 Å². The van der Waals surface area contributed by atoms with Crippen LogP contribution >= 0.6 is 11.8 Å². The summed E-state index contributed by atoms with van der Waals surface area (Å²) in [5.41, 5.74) is 8.18.